The minimum Gasteiger partial charge on any atom is -0.390 e. The van der Waals surface area contributed by atoms with E-state index in [1.165, 1.54) is 0 Å². The molecule has 2 N–H and O–H groups in total. The first-order valence-corrected chi connectivity index (χ1v) is 3.83. The molecule has 0 radical (unpaired) electrons. The van der Waals surface area contributed by atoms with E-state index < -0.39 is 12.2 Å². The average molecular weight is 160 g/mol. The zero-order valence-electron chi connectivity index (χ0n) is 6.30. The highest BCUT2D eigenvalue weighted by molar-refractivity contribution is 4.90. The van der Waals surface area contributed by atoms with Crippen molar-refractivity contribution < 1.29 is 19.7 Å². The van der Waals surface area contributed by atoms with Crippen LogP contribution in [0.1, 0.15) is 6.92 Å². The van der Waals surface area contributed by atoms with Gasteiger partial charge in [0.15, 0.2) is 6.29 Å². The van der Waals surface area contributed by atoms with Crippen LogP contribution < -0.4 is 0 Å². The van der Waals surface area contributed by atoms with Gasteiger partial charge in [0, 0.05) is 5.92 Å². The van der Waals surface area contributed by atoms with E-state index in [2.05, 4.69) is 0 Å². The van der Waals surface area contributed by atoms with Gasteiger partial charge in [-0.05, 0) is 0 Å². The molecule has 0 aromatic heterocycles. The fourth-order valence-corrected chi connectivity index (χ4v) is 1.59. The van der Waals surface area contributed by atoms with E-state index in [1.807, 2.05) is 0 Å². The first-order chi connectivity index (χ1) is 5.20. The molecule has 2 saturated heterocycles. The lowest BCUT2D eigenvalue weighted by atomic mass is 9.94. The largest absolute Gasteiger partial charge is 0.390 e. The van der Waals surface area contributed by atoms with Gasteiger partial charge in [0.25, 0.3) is 0 Å². The summed E-state index contributed by atoms with van der Waals surface area (Å²) >= 11 is 0. The monoisotopic (exact) mass is 160 g/mol. The van der Waals surface area contributed by atoms with Crippen LogP contribution in [0.5, 0.6) is 0 Å². The van der Waals surface area contributed by atoms with Crippen molar-refractivity contribution in [2.45, 2.75) is 31.5 Å². The van der Waals surface area contributed by atoms with Gasteiger partial charge in [0.1, 0.15) is 12.2 Å². The summed E-state index contributed by atoms with van der Waals surface area (Å²) < 4.78 is 10.4. The van der Waals surface area contributed by atoms with Gasteiger partial charge >= 0.3 is 0 Å². The maximum absolute atomic E-state index is 9.42. The number of hydrogen-bond donors (Lipinski definition) is 2. The quantitative estimate of drug-likeness (QED) is 0.482. The first-order valence-electron chi connectivity index (χ1n) is 3.83. The molecule has 2 rings (SSSR count). The average Bonchev–Trinajstić information content (AvgIpc) is 2.44. The van der Waals surface area contributed by atoms with E-state index >= 15 is 0 Å². The molecule has 2 aliphatic rings. The molecule has 0 spiro atoms. The van der Waals surface area contributed by atoms with Crippen LogP contribution in [0.2, 0.25) is 0 Å². The molecular formula is C7H12O4. The fraction of sp³-hybridized carbons (Fsp3) is 1.00. The Kier molecular flexibility index (Phi) is 1.64. The molecule has 11 heavy (non-hydrogen) atoms. The zero-order chi connectivity index (χ0) is 8.01. The molecule has 0 aromatic carbocycles. The summed E-state index contributed by atoms with van der Waals surface area (Å²) in [5, 5.41) is 18.8. The summed E-state index contributed by atoms with van der Waals surface area (Å²) in [6.45, 7) is 2.20. The molecule has 0 aliphatic carbocycles. The third kappa shape index (κ3) is 0.980. The number of fused-ring (bicyclic) bond motifs is 2. The van der Waals surface area contributed by atoms with Crippen LogP contribution in [0.4, 0.5) is 0 Å². The van der Waals surface area contributed by atoms with E-state index in [0.717, 1.165) is 0 Å². The Bertz CT molecular complexity index is 141. The van der Waals surface area contributed by atoms with Gasteiger partial charge in [-0.1, -0.05) is 6.92 Å². The normalized spacial score (nSPS) is 56.5. The van der Waals surface area contributed by atoms with Gasteiger partial charge in [0.05, 0.1) is 12.7 Å². The standard InChI is InChI=1S/C7H12O4/c1-3-5(8)6(9)4-2-10-7(3)11-4/h3-9H,2H2,1H3. The highest BCUT2D eigenvalue weighted by Gasteiger charge is 2.47. The van der Waals surface area contributed by atoms with Crippen LogP contribution in [0.25, 0.3) is 0 Å². The van der Waals surface area contributed by atoms with Crippen LogP contribution in [-0.4, -0.2) is 41.4 Å². The van der Waals surface area contributed by atoms with Crippen molar-refractivity contribution in [3.05, 3.63) is 0 Å². The molecular weight excluding hydrogens is 148 g/mol. The summed E-state index contributed by atoms with van der Waals surface area (Å²) in [7, 11) is 0. The minimum atomic E-state index is -0.788. The molecule has 5 atom stereocenters. The maximum Gasteiger partial charge on any atom is 0.163 e. The summed E-state index contributed by atoms with van der Waals surface area (Å²) in [5.74, 6) is -0.135. The van der Waals surface area contributed by atoms with Gasteiger partial charge < -0.3 is 19.7 Å². The molecule has 2 fully saturated rings. The third-order valence-corrected chi connectivity index (χ3v) is 2.43. The topological polar surface area (TPSA) is 58.9 Å². The highest BCUT2D eigenvalue weighted by Crippen LogP contribution is 2.31. The summed E-state index contributed by atoms with van der Waals surface area (Å²) in [6, 6.07) is 0. The predicted octanol–water partition coefficient (Wildman–Crippen LogP) is -0.901. The molecule has 0 aromatic rings. The minimum absolute atomic E-state index is 0.135. The third-order valence-electron chi connectivity index (χ3n) is 2.43. The SMILES string of the molecule is CC1C2OCC(O2)C(O)C1O. The summed E-state index contributed by atoms with van der Waals surface area (Å²) in [4.78, 5) is 0. The molecule has 5 unspecified atom stereocenters. The van der Waals surface area contributed by atoms with Crippen molar-refractivity contribution in [3.8, 4) is 0 Å². The van der Waals surface area contributed by atoms with Crippen molar-refractivity contribution in [2.75, 3.05) is 6.61 Å². The van der Waals surface area contributed by atoms with E-state index in [4.69, 9.17) is 9.47 Å². The lowest BCUT2D eigenvalue weighted by Crippen LogP contribution is -2.49. The van der Waals surface area contributed by atoms with Crippen LogP contribution >= 0.6 is 0 Å². The van der Waals surface area contributed by atoms with Gasteiger partial charge in [-0.3, -0.25) is 0 Å². The maximum atomic E-state index is 9.42. The van der Waals surface area contributed by atoms with Crippen LogP contribution in [-0.2, 0) is 9.47 Å². The Hall–Kier alpha value is -0.160. The molecule has 0 amide bonds. The van der Waals surface area contributed by atoms with Crippen LogP contribution in [0.3, 0.4) is 0 Å². The predicted molar refractivity (Wildman–Crippen MR) is 35.8 cm³/mol. The molecule has 0 saturated carbocycles. The van der Waals surface area contributed by atoms with Crippen molar-refractivity contribution in [2.24, 2.45) is 5.92 Å². The Morgan fingerprint density at radius 3 is 2.73 bits per heavy atom. The smallest absolute Gasteiger partial charge is 0.163 e. The summed E-state index contributed by atoms with van der Waals surface area (Å²) in [6.07, 6.45) is -2.14. The lowest BCUT2D eigenvalue weighted by molar-refractivity contribution is -0.198. The van der Waals surface area contributed by atoms with Crippen LogP contribution in [0, 0.1) is 5.92 Å². The highest BCUT2D eigenvalue weighted by atomic mass is 16.7. The van der Waals surface area contributed by atoms with E-state index in [1.54, 1.807) is 6.92 Å². The molecule has 2 heterocycles. The van der Waals surface area contributed by atoms with Gasteiger partial charge in [-0.2, -0.15) is 0 Å². The second-order valence-corrected chi connectivity index (χ2v) is 3.22. The van der Waals surface area contributed by atoms with Gasteiger partial charge in [0.2, 0.25) is 0 Å². The number of hydrogen-bond acceptors (Lipinski definition) is 4. The molecule has 4 nitrogen and oxygen atoms in total. The number of aliphatic hydroxyl groups is 2. The number of aliphatic hydroxyl groups excluding tert-OH is 2. The van der Waals surface area contributed by atoms with Gasteiger partial charge in [-0.15, -0.1) is 0 Å². The van der Waals surface area contributed by atoms with Gasteiger partial charge in [-0.25, -0.2) is 0 Å². The van der Waals surface area contributed by atoms with E-state index in [0.29, 0.717) is 6.61 Å². The Balaban J connectivity index is 2.16. The molecule has 4 heteroatoms. The Morgan fingerprint density at radius 1 is 1.27 bits per heavy atom. The first kappa shape index (κ1) is 7.49. The Labute approximate surface area is 64.7 Å². The van der Waals surface area contributed by atoms with Crippen molar-refractivity contribution in [3.63, 3.8) is 0 Å². The van der Waals surface area contributed by atoms with E-state index in [-0.39, 0.29) is 18.3 Å². The summed E-state index contributed by atoms with van der Waals surface area (Å²) in [5.41, 5.74) is 0. The number of rotatable bonds is 0. The molecule has 2 aliphatic heterocycles. The van der Waals surface area contributed by atoms with Crippen molar-refractivity contribution >= 4 is 0 Å². The zero-order valence-corrected chi connectivity index (χ0v) is 6.30. The molecule has 2 bridgehead atoms. The Morgan fingerprint density at radius 2 is 2.00 bits per heavy atom. The lowest BCUT2D eigenvalue weighted by Gasteiger charge is -2.33. The van der Waals surface area contributed by atoms with Crippen molar-refractivity contribution in [1.82, 2.24) is 0 Å². The van der Waals surface area contributed by atoms with Crippen LogP contribution in [0.15, 0.2) is 0 Å². The van der Waals surface area contributed by atoms with E-state index in [9.17, 15) is 10.2 Å². The second-order valence-electron chi connectivity index (χ2n) is 3.22. The number of ether oxygens (including phenoxy) is 2. The fourth-order valence-electron chi connectivity index (χ4n) is 1.59. The second kappa shape index (κ2) is 2.42. The molecule has 64 valence electrons. The van der Waals surface area contributed by atoms with Crippen molar-refractivity contribution in [1.29, 1.82) is 0 Å².